The molecule has 1 aliphatic rings. The first-order valence-electron chi connectivity index (χ1n) is 14.5. The number of unbranched alkanes of at least 4 members (excludes halogenated alkanes) is 2. The number of halogens is 3. The molecule has 6 nitrogen and oxygen atoms in total. The van der Waals surface area contributed by atoms with E-state index in [1.165, 1.54) is 0 Å². The van der Waals surface area contributed by atoms with Gasteiger partial charge in [0.15, 0.2) is 11.9 Å². The summed E-state index contributed by atoms with van der Waals surface area (Å²) < 4.78 is 59.5. The van der Waals surface area contributed by atoms with Gasteiger partial charge >= 0.3 is 6.18 Å². The SMILES string of the molecule is CCCCOc1cc(OCCCC)c(C(C)C)cc1-c1onc(C(O)C(F)(F)F)c1-c1ccc2c(c1)CCN(C)C2. The Morgan fingerprint density at radius 1 is 1.00 bits per heavy atom. The lowest BCUT2D eigenvalue weighted by Crippen LogP contribution is -2.26. The highest BCUT2D eigenvalue weighted by atomic mass is 19.4. The summed E-state index contributed by atoms with van der Waals surface area (Å²) in [6, 6.07) is 9.29. The maximum atomic E-state index is 13.8. The number of aromatic nitrogens is 1. The van der Waals surface area contributed by atoms with E-state index in [1.54, 1.807) is 6.07 Å². The summed E-state index contributed by atoms with van der Waals surface area (Å²) in [6.07, 6.45) is -3.35. The van der Waals surface area contributed by atoms with Crippen LogP contribution in [-0.2, 0) is 13.0 Å². The number of fused-ring (bicyclic) bond motifs is 1. The smallest absolute Gasteiger partial charge is 0.420 e. The molecule has 0 spiro atoms. The third kappa shape index (κ3) is 7.07. The monoisotopic (exact) mass is 574 g/mol. The highest BCUT2D eigenvalue weighted by Crippen LogP contribution is 2.47. The van der Waals surface area contributed by atoms with Gasteiger partial charge < -0.3 is 24.0 Å². The summed E-state index contributed by atoms with van der Waals surface area (Å²) in [5.74, 6) is 1.31. The molecule has 1 aliphatic heterocycles. The molecule has 41 heavy (non-hydrogen) atoms. The van der Waals surface area contributed by atoms with Crippen LogP contribution < -0.4 is 9.47 Å². The molecule has 2 aromatic carbocycles. The van der Waals surface area contributed by atoms with Gasteiger partial charge in [0, 0.05) is 19.2 Å². The van der Waals surface area contributed by atoms with Crippen molar-refractivity contribution >= 4 is 0 Å². The Morgan fingerprint density at radius 3 is 2.32 bits per heavy atom. The van der Waals surface area contributed by atoms with Gasteiger partial charge in [-0.2, -0.15) is 13.2 Å². The number of rotatable bonds is 12. The number of nitrogens with zero attached hydrogens (tertiary/aromatic N) is 2. The van der Waals surface area contributed by atoms with Crippen molar-refractivity contribution in [1.29, 1.82) is 0 Å². The molecule has 0 fully saturated rings. The molecule has 1 N–H and O–H groups in total. The van der Waals surface area contributed by atoms with E-state index >= 15 is 0 Å². The average Bonchev–Trinajstić information content (AvgIpc) is 3.36. The molecule has 1 unspecified atom stereocenters. The summed E-state index contributed by atoms with van der Waals surface area (Å²) in [4.78, 5) is 2.20. The zero-order valence-corrected chi connectivity index (χ0v) is 24.6. The molecule has 0 saturated carbocycles. The number of aliphatic hydroxyl groups is 1. The van der Waals surface area contributed by atoms with Crippen molar-refractivity contribution in [3.05, 3.63) is 52.7 Å². The molecule has 224 valence electrons. The van der Waals surface area contributed by atoms with Gasteiger partial charge in [0.2, 0.25) is 0 Å². The van der Waals surface area contributed by atoms with E-state index in [-0.39, 0.29) is 17.2 Å². The van der Waals surface area contributed by atoms with E-state index in [4.69, 9.17) is 14.0 Å². The normalized spacial score (nSPS) is 14.8. The Labute approximate surface area is 240 Å². The first kappa shape index (κ1) is 30.9. The van der Waals surface area contributed by atoms with Crippen LogP contribution in [0.1, 0.15) is 87.8 Å². The van der Waals surface area contributed by atoms with E-state index in [0.717, 1.165) is 61.9 Å². The number of ether oxygens (including phenoxy) is 2. The fourth-order valence-electron chi connectivity index (χ4n) is 5.06. The van der Waals surface area contributed by atoms with Crippen molar-refractivity contribution in [2.45, 2.75) is 84.5 Å². The first-order chi connectivity index (χ1) is 19.5. The van der Waals surface area contributed by atoms with Gasteiger partial charge in [0.1, 0.15) is 17.2 Å². The molecule has 3 aromatic rings. The summed E-state index contributed by atoms with van der Waals surface area (Å²) >= 11 is 0. The average molecular weight is 575 g/mol. The molecule has 9 heteroatoms. The number of hydrogen-bond acceptors (Lipinski definition) is 6. The van der Waals surface area contributed by atoms with Crippen LogP contribution in [0.4, 0.5) is 13.2 Å². The minimum absolute atomic E-state index is 0.0578. The van der Waals surface area contributed by atoms with Crippen molar-refractivity contribution in [1.82, 2.24) is 10.1 Å². The second-order valence-electron chi connectivity index (χ2n) is 11.1. The Morgan fingerprint density at radius 2 is 1.68 bits per heavy atom. The molecule has 1 atom stereocenters. The van der Waals surface area contributed by atoms with E-state index in [0.29, 0.717) is 35.8 Å². The van der Waals surface area contributed by atoms with Crippen LogP contribution in [-0.4, -0.2) is 48.1 Å². The fourth-order valence-corrected chi connectivity index (χ4v) is 5.06. The Kier molecular flexibility index (Phi) is 10.0. The van der Waals surface area contributed by atoms with Crippen LogP contribution in [0.25, 0.3) is 22.5 Å². The van der Waals surface area contributed by atoms with Gasteiger partial charge in [0.05, 0.1) is 24.3 Å². The molecule has 0 radical (unpaired) electrons. The Hall–Kier alpha value is -3.04. The van der Waals surface area contributed by atoms with Gasteiger partial charge in [-0.1, -0.05) is 63.9 Å². The first-order valence-corrected chi connectivity index (χ1v) is 14.5. The predicted octanol–water partition coefficient (Wildman–Crippen LogP) is 8.07. The number of benzene rings is 2. The molecule has 0 aliphatic carbocycles. The van der Waals surface area contributed by atoms with Gasteiger partial charge in [-0.15, -0.1) is 0 Å². The van der Waals surface area contributed by atoms with Gasteiger partial charge in [-0.3, -0.25) is 0 Å². The molecule has 1 aromatic heterocycles. The van der Waals surface area contributed by atoms with Crippen molar-refractivity contribution < 1.29 is 32.3 Å². The largest absolute Gasteiger partial charge is 0.493 e. The van der Waals surface area contributed by atoms with Crippen molar-refractivity contribution in [3.8, 4) is 33.9 Å². The summed E-state index contributed by atoms with van der Waals surface area (Å²) in [5.41, 5.74) is 3.61. The molecule has 0 saturated heterocycles. The van der Waals surface area contributed by atoms with Gasteiger partial charge in [0.25, 0.3) is 0 Å². The molecule has 0 bridgehead atoms. The standard InChI is InChI=1S/C32H41F3N2O4/c1-6-8-14-39-26-18-27(40-15-9-7-2)25(17-24(26)20(3)4)30-28(29(36-41-30)31(38)32(33,34)35)22-10-11-23-19-37(5)13-12-21(23)16-22/h10-11,16-18,20,31,38H,6-9,12-15,19H2,1-5H3. The van der Waals surface area contributed by atoms with Crippen LogP contribution in [0.5, 0.6) is 11.5 Å². The molecule has 2 heterocycles. The van der Waals surface area contributed by atoms with Crippen molar-refractivity contribution in [2.75, 3.05) is 26.8 Å². The van der Waals surface area contributed by atoms with Gasteiger partial charge in [-0.25, -0.2) is 0 Å². The maximum absolute atomic E-state index is 13.8. The third-order valence-electron chi connectivity index (χ3n) is 7.48. The zero-order valence-electron chi connectivity index (χ0n) is 24.6. The van der Waals surface area contributed by atoms with Crippen molar-refractivity contribution in [3.63, 3.8) is 0 Å². The van der Waals surface area contributed by atoms with E-state index in [9.17, 15) is 18.3 Å². The minimum Gasteiger partial charge on any atom is -0.493 e. The second-order valence-corrected chi connectivity index (χ2v) is 11.1. The number of hydrogen-bond donors (Lipinski definition) is 1. The van der Waals surface area contributed by atoms with Crippen molar-refractivity contribution in [2.24, 2.45) is 0 Å². The molecular formula is C32H41F3N2O4. The zero-order chi connectivity index (χ0) is 29.7. The lowest BCUT2D eigenvalue weighted by Gasteiger charge is -2.25. The van der Waals surface area contributed by atoms with E-state index in [2.05, 4.69) is 23.9 Å². The van der Waals surface area contributed by atoms with E-state index < -0.39 is 18.0 Å². The molecule has 4 rings (SSSR count). The summed E-state index contributed by atoms with van der Waals surface area (Å²) in [7, 11) is 2.04. The second kappa shape index (κ2) is 13.3. The van der Waals surface area contributed by atoms with Crippen LogP contribution in [0.15, 0.2) is 34.9 Å². The van der Waals surface area contributed by atoms with Crippen LogP contribution in [0, 0.1) is 0 Å². The lowest BCUT2D eigenvalue weighted by atomic mass is 9.90. The number of likely N-dealkylation sites (N-methyl/N-ethyl adjacent to an activating group) is 1. The Balaban J connectivity index is 1.93. The highest BCUT2D eigenvalue weighted by Gasteiger charge is 2.44. The molecule has 0 amide bonds. The Bertz CT molecular complexity index is 1320. The van der Waals surface area contributed by atoms with Gasteiger partial charge in [-0.05, 0) is 60.5 Å². The number of aliphatic hydroxyl groups excluding tert-OH is 1. The van der Waals surface area contributed by atoms with Crippen LogP contribution in [0.2, 0.25) is 0 Å². The topological polar surface area (TPSA) is 68.0 Å². The predicted molar refractivity (Wildman–Crippen MR) is 153 cm³/mol. The number of alkyl halides is 3. The van der Waals surface area contributed by atoms with E-state index in [1.807, 2.05) is 45.2 Å². The van der Waals surface area contributed by atoms with Crippen LogP contribution >= 0.6 is 0 Å². The van der Waals surface area contributed by atoms with Crippen LogP contribution in [0.3, 0.4) is 0 Å². The highest BCUT2D eigenvalue weighted by molar-refractivity contribution is 5.85. The minimum atomic E-state index is -4.92. The molecular weight excluding hydrogens is 533 g/mol. The summed E-state index contributed by atoms with van der Waals surface area (Å²) in [5, 5.41) is 14.2. The third-order valence-corrected chi connectivity index (χ3v) is 7.48. The lowest BCUT2D eigenvalue weighted by molar-refractivity contribution is -0.208. The quantitative estimate of drug-likeness (QED) is 0.221. The maximum Gasteiger partial charge on any atom is 0.420 e. The summed E-state index contributed by atoms with van der Waals surface area (Å²) in [6.45, 7) is 10.8. The fraction of sp³-hybridized carbons (Fsp3) is 0.531.